The van der Waals surface area contributed by atoms with Crippen molar-refractivity contribution in [3.63, 3.8) is 0 Å². The van der Waals surface area contributed by atoms with Crippen molar-refractivity contribution in [2.45, 2.75) is 18.9 Å². The van der Waals surface area contributed by atoms with E-state index < -0.39 is 6.04 Å². The van der Waals surface area contributed by atoms with Gasteiger partial charge in [-0.3, -0.25) is 9.59 Å². The number of Topliss-reactive ketones (excluding diaryl/α,β-unsaturated/α-hetero) is 1. The lowest BCUT2D eigenvalue weighted by Gasteiger charge is -2.14. The third-order valence-corrected chi connectivity index (χ3v) is 4.91. The lowest BCUT2D eigenvalue weighted by atomic mass is 10.0. The molecule has 1 aromatic heterocycles. The van der Waals surface area contributed by atoms with Crippen molar-refractivity contribution < 1.29 is 9.59 Å². The number of para-hydroxylation sites is 1. The lowest BCUT2D eigenvalue weighted by molar-refractivity contribution is -0.116. The van der Waals surface area contributed by atoms with Crippen LogP contribution in [0.25, 0.3) is 10.9 Å². The Bertz CT molecular complexity index is 978. The zero-order valence-electron chi connectivity index (χ0n) is 14.0. The van der Waals surface area contributed by atoms with Crippen LogP contribution < -0.4 is 10.6 Å². The normalized spacial score (nSPS) is 17.0. The van der Waals surface area contributed by atoms with Gasteiger partial charge in [0.15, 0.2) is 5.78 Å². The molecule has 0 spiro atoms. The number of ketones is 1. The summed E-state index contributed by atoms with van der Waals surface area (Å²) in [6, 6.07) is 14.2. The molecule has 4 rings (SSSR count). The minimum absolute atomic E-state index is 0.0695. The van der Waals surface area contributed by atoms with E-state index in [0.717, 1.165) is 22.9 Å². The molecule has 3 aromatic rings. The molecule has 1 aliphatic heterocycles. The van der Waals surface area contributed by atoms with Gasteiger partial charge in [-0.15, -0.1) is 0 Å². The van der Waals surface area contributed by atoms with Crippen LogP contribution >= 0.6 is 11.6 Å². The quantitative estimate of drug-likeness (QED) is 0.662. The van der Waals surface area contributed by atoms with Crippen molar-refractivity contribution in [3.8, 4) is 0 Å². The number of hydrogen-bond donors (Lipinski definition) is 3. The summed E-state index contributed by atoms with van der Waals surface area (Å²) in [5, 5.41) is 7.69. The van der Waals surface area contributed by atoms with E-state index in [1.165, 1.54) is 0 Å². The predicted molar refractivity (Wildman–Crippen MR) is 103 cm³/mol. The maximum atomic E-state index is 12.9. The van der Waals surface area contributed by atoms with Crippen LogP contribution in [0.2, 0.25) is 5.02 Å². The van der Waals surface area contributed by atoms with Gasteiger partial charge in [0, 0.05) is 28.0 Å². The smallest absolute Gasteiger partial charge is 0.226 e. The first kappa shape index (κ1) is 16.8. The van der Waals surface area contributed by atoms with Crippen LogP contribution in [0, 0.1) is 0 Å². The van der Waals surface area contributed by atoms with Crippen molar-refractivity contribution in [2.24, 2.45) is 0 Å². The molecule has 0 radical (unpaired) electrons. The third-order valence-electron chi connectivity index (χ3n) is 4.66. The Labute approximate surface area is 155 Å². The van der Waals surface area contributed by atoms with Gasteiger partial charge in [-0.1, -0.05) is 29.8 Å². The molecule has 2 heterocycles. The fourth-order valence-electron chi connectivity index (χ4n) is 3.40. The highest BCUT2D eigenvalue weighted by Crippen LogP contribution is 2.26. The fraction of sp³-hybridized carbons (Fsp3) is 0.200. The molecule has 1 aliphatic rings. The minimum Gasteiger partial charge on any atom is -0.352 e. The van der Waals surface area contributed by atoms with Crippen LogP contribution in [0.5, 0.6) is 0 Å². The van der Waals surface area contributed by atoms with Gasteiger partial charge in [0.25, 0.3) is 0 Å². The molecule has 0 unspecified atom stereocenters. The molecule has 6 heteroatoms. The van der Waals surface area contributed by atoms with Crippen molar-refractivity contribution in [1.29, 1.82) is 0 Å². The number of hydrogen-bond acceptors (Lipinski definition) is 3. The van der Waals surface area contributed by atoms with Gasteiger partial charge < -0.3 is 15.6 Å². The Kier molecular flexibility index (Phi) is 4.49. The SMILES string of the molecule is O=C(C[C@H]1NCCc2c([nH]c3ccccc23)C1=O)Nc1ccc(Cl)cc1. The third kappa shape index (κ3) is 3.23. The Morgan fingerprint density at radius 3 is 2.73 bits per heavy atom. The molecular weight excluding hydrogens is 350 g/mol. The summed E-state index contributed by atoms with van der Waals surface area (Å²) in [6.45, 7) is 0.652. The van der Waals surface area contributed by atoms with Crippen LogP contribution in [0.4, 0.5) is 5.69 Å². The topological polar surface area (TPSA) is 74.0 Å². The molecule has 1 amide bonds. The standard InChI is InChI=1S/C20H18ClN3O2/c21-12-5-7-13(8-6-12)23-18(25)11-17-20(26)19-15(9-10-22-17)14-3-1-2-4-16(14)24-19/h1-8,17,22,24H,9-11H2,(H,23,25)/t17-/m1/s1. The molecule has 132 valence electrons. The van der Waals surface area contributed by atoms with Crippen molar-refractivity contribution in [2.75, 3.05) is 11.9 Å². The van der Waals surface area contributed by atoms with E-state index in [2.05, 4.69) is 15.6 Å². The molecule has 0 fully saturated rings. The summed E-state index contributed by atoms with van der Waals surface area (Å²) in [4.78, 5) is 28.5. The van der Waals surface area contributed by atoms with Gasteiger partial charge in [-0.2, -0.15) is 0 Å². The molecule has 26 heavy (non-hydrogen) atoms. The second kappa shape index (κ2) is 6.94. The van der Waals surface area contributed by atoms with Crippen LogP contribution in [0.15, 0.2) is 48.5 Å². The number of rotatable bonds is 3. The average molecular weight is 368 g/mol. The van der Waals surface area contributed by atoms with Gasteiger partial charge in [0.05, 0.1) is 11.7 Å². The van der Waals surface area contributed by atoms with E-state index in [1.807, 2.05) is 24.3 Å². The van der Waals surface area contributed by atoms with Crippen LogP contribution in [0.1, 0.15) is 22.5 Å². The largest absolute Gasteiger partial charge is 0.352 e. The van der Waals surface area contributed by atoms with E-state index in [4.69, 9.17) is 11.6 Å². The lowest BCUT2D eigenvalue weighted by Crippen LogP contribution is -2.39. The summed E-state index contributed by atoms with van der Waals surface area (Å²) >= 11 is 5.85. The van der Waals surface area contributed by atoms with Gasteiger partial charge in [0.2, 0.25) is 5.91 Å². The van der Waals surface area contributed by atoms with Gasteiger partial charge in [0.1, 0.15) is 0 Å². The summed E-state index contributed by atoms with van der Waals surface area (Å²) < 4.78 is 0. The molecule has 2 aromatic carbocycles. The van der Waals surface area contributed by atoms with Crippen LogP contribution in [0.3, 0.4) is 0 Å². The first-order chi connectivity index (χ1) is 12.6. The number of amides is 1. The molecule has 1 atom stereocenters. The Balaban J connectivity index is 1.53. The van der Waals surface area contributed by atoms with Gasteiger partial charge in [-0.05, 0) is 48.9 Å². The maximum absolute atomic E-state index is 12.9. The number of aromatic nitrogens is 1. The molecule has 0 saturated carbocycles. The molecule has 0 saturated heterocycles. The summed E-state index contributed by atoms with van der Waals surface area (Å²) in [6.07, 6.45) is 0.830. The van der Waals surface area contributed by atoms with E-state index in [1.54, 1.807) is 24.3 Å². The van der Waals surface area contributed by atoms with Crippen LogP contribution in [-0.2, 0) is 11.2 Å². The number of H-pyrrole nitrogens is 1. The second-order valence-electron chi connectivity index (χ2n) is 6.40. The number of aromatic amines is 1. The first-order valence-corrected chi connectivity index (χ1v) is 8.92. The number of nitrogens with one attached hydrogen (secondary N) is 3. The zero-order valence-corrected chi connectivity index (χ0v) is 14.8. The Hall–Kier alpha value is -2.63. The number of anilines is 1. The zero-order chi connectivity index (χ0) is 18.1. The average Bonchev–Trinajstić information content (AvgIpc) is 2.94. The van der Waals surface area contributed by atoms with E-state index in [9.17, 15) is 9.59 Å². The van der Waals surface area contributed by atoms with Crippen molar-refractivity contribution in [1.82, 2.24) is 10.3 Å². The van der Waals surface area contributed by atoms with Crippen LogP contribution in [-0.4, -0.2) is 29.3 Å². The van der Waals surface area contributed by atoms with E-state index >= 15 is 0 Å². The Morgan fingerprint density at radius 1 is 1.15 bits per heavy atom. The summed E-state index contributed by atoms with van der Waals surface area (Å²) in [5.74, 6) is -0.280. The maximum Gasteiger partial charge on any atom is 0.226 e. The second-order valence-corrected chi connectivity index (χ2v) is 6.84. The Morgan fingerprint density at radius 2 is 1.92 bits per heavy atom. The molecule has 0 aliphatic carbocycles. The highest BCUT2D eigenvalue weighted by atomic mass is 35.5. The number of benzene rings is 2. The molecular formula is C20H18ClN3O2. The van der Waals surface area contributed by atoms with Crippen molar-refractivity contribution >= 4 is 39.9 Å². The molecule has 5 nitrogen and oxygen atoms in total. The van der Waals surface area contributed by atoms with Gasteiger partial charge >= 0.3 is 0 Å². The fourth-order valence-corrected chi connectivity index (χ4v) is 3.53. The number of fused-ring (bicyclic) bond motifs is 3. The molecule has 0 bridgehead atoms. The number of carbonyl (C=O) groups excluding carboxylic acids is 2. The first-order valence-electron chi connectivity index (χ1n) is 8.54. The highest BCUT2D eigenvalue weighted by molar-refractivity contribution is 6.30. The van der Waals surface area contributed by atoms with E-state index in [0.29, 0.717) is 22.9 Å². The number of carbonyl (C=O) groups is 2. The monoisotopic (exact) mass is 367 g/mol. The summed E-state index contributed by atoms with van der Waals surface area (Å²) in [5.41, 5.74) is 3.25. The minimum atomic E-state index is -0.545. The van der Waals surface area contributed by atoms with E-state index in [-0.39, 0.29) is 18.1 Å². The number of halogens is 1. The summed E-state index contributed by atoms with van der Waals surface area (Å²) in [7, 11) is 0. The van der Waals surface area contributed by atoms with Gasteiger partial charge in [-0.25, -0.2) is 0 Å². The highest BCUT2D eigenvalue weighted by Gasteiger charge is 2.29. The molecule has 3 N–H and O–H groups in total. The van der Waals surface area contributed by atoms with Crippen molar-refractivity contribution in [3.05, 3.63) is 64.8 Å². The predicted octanol–water partition coefficient (Wildman–Crippen LogP) is 3.55.